The molecule has 4 aliphatic carbocycles. The Balaban J connectivity index is 1.21. The van der Waals surface area contributed by atoms with Crippen LogP contribution in [-0.4, -0.2) is 32.1 Å². The van der Waals surface area contributed by atoms with E-state index in [1.807, 2.05) is 0 Å². The standard InChI is InChI=1S/C22H28FNO4/c1-27-19-3-2-14(7-18(19)23)8-21(26)28-12-20(25)24-13-22-9-15-4-16(10-22)6-17(5-15)11-22/h2-3,7,15-17H,4-6,8-13H2,1H3,(H,24,25). The molecule has 1 N–H and O–H groups in total. The second kappa shape index (κ2) is 7.72. The Hall–Kier alpha value is -2.11. The van der Waals surface area contributed by atoms with Crippen LogP contribution in [0.4, 0.5) is 4.39 Å². The second-order valence-corrected chi connectivity index (χ2v) is 9.00. The summed E-state index contributed by atoms with van der Waals surface area (Å²) in [4.78, 5) is 24.1. The molecule has 0 spiro atoms. The van der Waals surface area contributed by atoms with Crippen molar-refractivity contribution in [1.29, 1.82) is 0 Å². The van der Waals surface area contributed by atoms with Crippen molar-refractivity contribution in [2.45, 2.75) is 44.9 Å². The largest absolute Gasteiger partial charge is 0.494 e. The van der Waals surface area contributed by atoms with E-state index in [0.717, 1.165) is 17.8 Å². The number of nitrogens with one attached hydrogen (secondary N) is 1. The number of ether oxygens (including phenoxy) is 2. The smallest absolute Gasteiger partial charge is 0.310 e. The summed E-state index contributed by atoms with van der Waals surface area (Å²) in [7, 11) is 1.38. The third-order valence-electron chi connectivity index (χ3n) is 6.75. The van der Waals surface area contributed by atoms with Crippen LogP contribution in [0.15, 0.2) is 18.2 Å². The molecule has 4 aliphatic rings. The van der Waals surface area contributed by atoms with E-state index < -0.39 is 11.8 Å². The zero-order valence-electron chi connectivity index (χ0n) is 16.3. The molecule has 1 aromatic rings. The van der Waals surface area contributed by atoms with Gasteiger partial charge in [-0.3, -0.25) is 9.59 Å². The van der Waals surface area contributed by atoms with E-state index >= 15 is 0 Å². The van der Waals surface area contributed by atoms with Gasteiger partial charge in [0.15, 0.2) is 18.2 Å². The van der Waals surface area contributed by atoms with Gasteiger partial charge in [0.25, 0.3) is 5.91 Å². The molecule has 0 atom stereocenters. The van der Waals surface area contributed by atoms with Gasteiger partial charge in [-0.1, -0.05) is 6.07 Å². The van der Waals surface area contributed by atoms with Crippen LogP contribution in [0.25, 0.3) is 0 Å². The van der Waals surface area contributed by atoms with Gasteiger partial charge in [-0.25, -0.2) is 4.39 Å². The third-order valence-corrected chi connectivity index (χ3v) is 6.75. The van der Waals surface area contributed by atoms with Crippen LogP contribution in [0.5, 0.6) is 5.75 Å². The van der Waals surface area contributed by atoms with E-state index in [-0.39, 0.29) is 30.1 Å². The number of carbonyl (C=O) groups excluding carboxylic acids is 2. The van der Waals surface area contributed by atoms with Gasteiger partial charge in [0, 0.05) is 6.54 Å². The maximum absolute atomic E-state index is 13.7. The summed E-state index contributed by atoms with van der Waals surface area (Å²) in [6.07, 6.45) is 7.71. The average Bonchev–Trinajstić information content (AvgIpc) is 2.64. The zero-order chi connectivity index (χ0) is 19.7. The Morgan fingerprint density at radius 2 is 1.79 bits per heavy atom. The highest BCUT2D eigenvalue weighted by atomic mass is 19.1. The first-order valence-electron chi connectivity index (χ1n) is 10.2. The van der Waals surface area contributed by atoms with Crippen molar-refractivity contribution in [3.8, 4) is 5.75 Å². The van der Waals surface area contributed by atoms with Gasteiger partial charge in [-0.15, -0.1) is 0 Å². The van der Waals surface area contributed by atoms with Crippen molar-refractivity contribution in [1.82, 2.24) is 5.32 Å². The number of carbonyl (C=O) groups is 2. The van der Waals surface area contributed by atoms with Crippen LogP contribution in [0.2, 0.25) is 0 Å². The number of methoxy groups -OCH3 is 1. The SMILES string of the molecule is COc1ccc(CC(=O)OCC(=O)NCC23CC4CC(CC(C4)C2)C3)cc1F. The number of amides is 1. The lowest BCUT2D eigenvalue weighted by Crippen LogP contribution is -2.51. The predicted octanol–water partition coefficient (Wildman–Crippen LogP) is 3.25. The van der Waals surface area contributed by atoms with Crippen molar-refractivity contribution in [2.24, 2.45) is 23.2 Å². The number of hydrogen-bond donors (Lipinski definition) is 1. The molecular formula is C22H28FNO4. The van der Waals surface area contributed by atoms with E-state index in [2.05, 4.69) is 5.32 Å². The lowest BCUT2D eigenvalue weighted by atomic mass is 9.49. The zero-order valence-corrected chi connectivity index (χ0v) is 16.3. The molecule has 28 heavy (non-hydrogen) atoms. The summed E-state index contributed by atoms with van der Waals surface area (Å²) in [5, 5.41) is 2.99. The molecule has 4 saturated carbocycles. The molecule has 5 rings (SSSR count). The quantitative estimate of drug-likeness (QED) is 0.727. The Labute approximate surface area is 165 Å². The van der Waals surface area contributed by atoms with Crippen LogP contribution in [0, 0.1) is 29.0 Å². The van der Waals surface area contributed by atoms with Gasteiger partial charge in [0.05, 0.1) is 13.5 Å². The normalized spacial score (nSPS) is 30.1. The Bertz CT molecular complexity index is 728. The molecule has 5 nitrogen and oxygen atoms in total. The third kappa shape index (κ3) is 4.15. The summed E-state index contributed by atoms with van der Waals surface area (Å²) in [5.74, 6) is 1.31. The molecule has 152 valence electrons. The molecule has 0 aliphatic heterocycles. The fraction of sp³-hybridized carbons (Fsp3) is 0.636. The topological polar surface area (TPSA) is 64.6 Å². The minimum Gasteiger partial charge on any atom is -0.494 e. The van der Waals surface area contributed by atoms with E-state index in [4.69, 9.17) is 9.47 Å². The second-order valence-electron chi connectivity index (χ2n) is 9.00. The molecule has 0 radical (unpaired) electrons. The molecule has 0 saturated heterocycles. The molecule has 4 fully saturated rings. The number of halogens is 1. The minimum absolute atomic E-state index is 0.0802. The fourth-order valence-corrected chi connectivity index (χ4v) is 6.03. The van der Waals surface area contributed by atoms with E-state index in [9.17, 15) is 14.0 Å². The maximum Gasteiger partial charge on any atom is 0.310 e. The lowest BCUT2D eigenvalue weighted by Gasteiger charge is -2.56. The van der Waals surface area contributed by atoms with Crippen LogP contribution >= 0.6 is 0 Å². The molecular weight excluding hydrogens is 361 g/mol. The predicted molar refractivity (Wildman–Crippen MR) is 101 cm³/mol. The van der Waals surface area contributed by atoms with Crippen LogP contribution in [0.3, 0.4) is 0 Å². The van der Waals surface area contributed by atoms with Crippen molar-refractivity contribution >= 4 is 11.9 Å². The van der Waals surface area contributed by atoms with Crippen molar-refractivity contribution in [3.63, 3.8) is 0 Å². The highest BCUT2D eigenvalue weighted by Gasteiger charge is 2.50. The van der Waals surface area contributed by atoms with Crippen LogP contribution in [0.1, 0.15) is 44.1 Å². The monoisotopic (exact) mass is 389 g/mol. The first kappa shape index (κ1) is 19.2. The molecule has 4 bridgehead atoms. The van der Waals surface area contributed by atoms with Gasteiger partial charge in [0.1, 0.15) is 0 Å². The number of rotatable bonds is 7. The highest BCUT2D eigenvalue weighted by Crippen LogP contribution is 2.59. The van der Waals surface area contributed by atoms with Crippen molar-refractivity contribution in [2.75, 3.05) is 20.3 Å². The first-order valence-corrected chi connectivity index (χ1v) is 10.2. The Morgan fingerprint density at radius 3 is 2.36 bits per heavy atom. The summed E-state index contributed by atoms with van der Waals surface area (Å²) in [5.41, 5.74) is 0.743. The summed E-state index contributed by atoms with van der Waals surface area (Å²) < 4.78 is 23.6. The van der Waals surface area contributed by atoms with Crippen LogP contribution < -0.4 is 10.1 Å². The van der Waals surface area contributed by atoms with E-state index in [1.165, 1.54) is 57.8 Å². The van der Waals surface area contributed by atoms with Gasteiger partial charge >= 0.3 is 5.97 Å². The number of hydrogen-bond acceptors (Lipinski definition) is 4. The molecule has 0 unspecified atom stereocenters. The minimum atomic E-state index is -0.547. The Morgan fingerprint density at radius 1 is 1.14 bits per heavy atom. The summed E-state index contributed by atoms with van der Waals surface area (Å²) in [6.45, 7) is 0.403. The molecule has 0 aromatic heterocycles. The molecule has 1 aromatic carbocycles. The molecule has 6 heteroatoms. The summed E-state index contributed by atoms with van der Waals surface area (Å²) >= 11 is 0. The van der Waals surface area contributed by atoms with Gasteiger partial charge < -0.3 is 14.8 Å². The van der Waals surface area contributed by atoms with Gasteiger partial charge in [0.2, 0.25) is 0 Å². The van der Waals surface area contributed by atoms with Gasteiger partial charge in [-0.2, -0.15) is 0 Å². The van der Waals surface area contributed by atoms with Crippen LogP contribution in [-0.2, 0) is 20.7 Å². The molecule has 0 heterocycles. The maximum atomic E-state index is 13.7. The first-order chi connectivity index (χ1) is 13.4. The van der Waals surface area contributed by atoms with Crippen molar-refractivity contribution < 1.29 is 23.5 Å². The van der Waals surface area contributed by atoms with E-state index in [0.29, 0.717) is 12.1 Å². The highest BCUT2D eigenvalue weighted by molar-refractivity contribution is 5.81. The average molecular weight is 389 g/mol. The van der Waals surface area contributed by atoms with Gasteiger partial charge in [-0.05, 0) is 79.4 Å². The summed E-state index contributed by atoms with van der Waals surface area (Å²) in [6, 6.07) is 4.32. The molecule has 1 amide bonds. The van der Waals surface area contributed by atoms with Crippen molar-refractivity contribution in [3.05, 3.63) is 29.6 Å². The number of benzene rings is 1. The number of esters is 1. The van der Waals surface area contributed by atoms with E-state index in [1.54, 1.807) is 6.07 Å². The lowest BCUT2D eigenvalue weighted by molar-refractivity contribution is -0.148. The Kier molecular flexibility index (Phi) is 5.30. The fourth-order valence-electron chi connectivity index (χ4n) is 6.03.